The van der Waals surface area contributed by atoms with E-state index >= 15 is 0 Å². The Morgan fingerprint density at radius 2 is 2.25 bits per heavy atom. The van der Waals surface area contributed by atoms with Crippen LogP contribution in [0.1, 0.15) is 18.4 Å². The third-order valence-corrected chi connectivity index (χ3v) is 2.29. The van der Waals surface area contributed by atoms with Crippen LogP contribution in [0.4, 0.5) is 0 Å². The lowest BCUT2D eigenvalue weighted by molar-refractivity contribution is -0.144. The molecule has 0 fully saturated rings. The number of esters is 1. The fourth-order valence-corrected chi connectivity index (χ4v) is 1.53. The van der Waals surface area contributed by atoms with Gasteiger partial charge in [-0.25, -0.2) is 0 Å². The molecule has 2 N–H and O–H groups in total. The molecule has 0 radical (unpaired) electrons. The Morgan fingerprint density at radius 3 is 2.75 bits per heavy atom. The summed E-state index contributed by atoms with van der Waals surface area (Å²) in [5.74, 6) is -0.731. The van der Waals surface area contributed by atoms with Gasteiger partial charge in [-0.2, -0.15) is 0 Å². The predicted molar refractivity (Wildman–Crippen MR) is 67.1 cm³/mol. The molecule has 0 aliphatic carbocycles. The van der Waals surface area contributed by atoms with Crippen LogP contribution >= 0.6 is 24.0 Å². The molecule has 1 rings (SSSR count). The summed E-state index contributed by atoms with van der Waals surface area (Å²) in [5, 5.41) is 0.593. The van der Waals surface area contributed by atoms with E-state index in [1.807, 2.05) is 6.07 Å². The molecule has 1 unspecified atom stereocenters. The van der Waals surface area contributed by atoms with E-state index in [0.717, 1.165) is 5.56 Å². The molecule has 16 heavy (non-hydrogen) atoms. The first-order chi connectivity index (χ1) is 7.19. The maximum atomic E-state index is 11.5. The van der Waals surface area contributed by atoms with Crippen LogP contribution in [0, 0.1) is 0 Å². The van der Waals surface area contributed by atoms with Crippen molar-refractivity contribution < 1.29 is 9.53 Å². The Bertz CT molecular complexity index is 345. The van der Waals surface area contributed by atoms with Crippen LogP contribution in [0.25, 0.3) is 0 Å². The third kappa shape index (κ3) is 4.00. The maximum Gasteiger partial charge on any atom is 0.314 e. The second-order valence-electron chi connectivity index (χ2n) is 3.10. The zero-order valence-corrected chi connectivity index (χ0v) is 10.6. The van der Waals surface area contributed by atoms with E-state index in [2.05, 4.69) is 0 Å². The van der Waals surface area contributed by atoms with E-state index in [0.29, 0.717) is 11.6 Å². The van der Waals surface area contributed by atoms with Gasteiger partial charge >= 0.3 is 5.97 Å². The highest BCUT2D eigenvalue weighted by Gasteiger charge is 2.20. The lowest BCUT2D eigenvalue weighted by atomic mass is 10.00. The molecule has 5 heteroatoms. The summed E-state index contributed by atoms with van der Waals surface area (Å²) in [6.45, 7) is 2.35. The number of carbonyl (C=O) groups excluding carboxylic acids is 1. The largest absolute Gasteiger partial charge is 0.465 e. The van der Waals surface area contributed by atoms with Gasteiger partial charge in [-0.15, -0.1) is 12.4 Å². The average molecular weight is 264 g/mol. The third-order valence-electron chi connectivity index (χ3n) is 2.06. The van der Waals surface area contributed by atoms with Crippen molar-refractivity contribution in [3.8, 4) is 0 Å². The molecular formula is C11H15Cl2NO2. The van der Waals surface area contributed by atoms with E-state index in [1.165, 1.54) is 0 Å². The Morgan fingerprint density at radius 1 is 1.56 bits per heavy atom. The van der Waals surface area contributed by atoms with Gasteiger partial charge in [0.25, 0.3) is 0 Å². The van der Waals surface area contributed by atoms with Gasteiger partial charge in [0.2, 0.25) is 0 Å². The summed E-state index contributed by atoms with van der Waals surface area (Å²) in [6, 6.07) is 7.10. The molecule has 3 nitrogen and oxygen atoms in total. The van der Waals surface area contributed by atoms with Crippen LogP contribution in [-0.4, -0.2) is 19.1 Å². The summed E-state index contributed by atoms with van der Waals surface area (Å²) < 4.78 is 4.93. The number of hydrogen-bond acceptors (Lipinski definition) is 3. The first kappa shape index (κ1) is 15.2. The molecule has 1 aromatic carbocycles. The highest BCUT2D eigenvalue weighted by atomic mass is 35.5. The van der Waals surface area contributed by atoms with Crippen molar-refractivity contribution in [1.82, 2.24) is 0 Å². The summed E-state index contributed by atoms with van der Waals surface area (Å²) >= 11 is 5.83. The molecule has 90 valence electrons. The molecule has 0 heterocycles. The highest BCUT2D eigenvalue weighted by Crippen LogP contribution is 2.20. The van der Waals surface area contributed by atoms with E-state index in [-0.39, 0.29) is 24.9 Å². The molecule has 1 atom stereocenters. The van der Waals surface area contributed by atoms with Gasteiger partial charge in [0, 0.05) is 11.6 Å². The molecule has 1 aromatic rings. The van der Waals surface area contributed by atoms with E-state index in [4.69, 9.17) is 22.1 Å². The molecule has 0 aliphatic heterocycles. The SMILES string of the molecule is CCOC(=O)C(CN)c1cccc(Cl)c1.Cl. The number of halogens is 2. The number of hydrogen-bond donors (Lipinski definition) is 1. The fraction of sp³-hybridized carbons (Fsp3) is 0.364. The van der Waals surface area contributed by atoms with Crippen LogP contribution in [0.15, 0.2) is 24.3 Å². The van der Waals surface area contributed by atoms with Gasteiger partial charge < -0.3 is 10.5 Å². The fourth-order valence-electron chi connectivity index (χ4n) is 1.33. The van der Waals surface area contributed by atoms with Gasteiger partial charge in [0.15, 0.2) is 0 Å². The number of ether oxygens (including phenoxy) is 1. The van der Waals surface area contributed by atoms with Gasteiger partial charge in [-0.3, -0.25) is 4.79 Å². The first-order valence-electron chi connectivity index (χ1n) is 4.81. The van der Waals surface area contributed by atoms with Crippen molar-refractivity contribution in [3.05, 3.63) is 34.9 Å². The summed E-state index contributed by atoms with van der Waals surface area (Å²) in [4.78, 5) is 11.5. The number of rotatable bonds is 4. The van der Waals surface area contributed by atoms with Crippen molar-refractivity contribution >= 4 is 30.0 Å². The van der Waals surface area contributed by atoms with Crippen LogP contribution < -0.4 is 5.73 Å². The first-order valence-corrected chi connectivity index (χ1v) is 5.19. The number of nitrogens with two attached hydrogens (primary N) is 1. The minimum absolute atomic E-state index is 0. The topological polar surface area (TPSA) is 52.3 Å². The molecule has 0 aliphatic rings. The van der Waals surface area contributed by atoms with Crippen molar-refractivity contribution in [2.45, 2.75) is 12.8 Å². The van der Waals surface area contributed by atoms with Crippen LogP contribution in [0.5, 0.6) is 0 Å². The van der Waals surface area contributed by atoms with Crippen molar-refractivity contribution in [2.75, 3.05) is 13.2 Å². The molecule has 0 saturated carbocycles. The average Bonchev–Trinajstić information content (AvgIpc) is 2.19. The Kier molecular flexibility index (Phi) is 7.13. The highest BCUT2D eigenvalue weighted by molar-refractivity contribution is 6.30. The van der Waals surface area contributed by atoms with Crippen molar-refractivity contribution in [1.29, 1.82) is 0 Å². The Hall–Kier alpha value is -0.770. The number of carbonyl (C=O) groups is 1. The molecule has 0 spiro atoms. The maximum absolute atomic E-state index is 11.5. The summed E-state index contributed by atoms with van der Waals surface area (Å²) in [6.07, 6.45) is 0. The van der Waals surface area contributed by atoms with Gasteiger partial charge in [-0.1, -0.05) is 23.7 Å². The molecule has 0 aromatic heterocycles. The van der Waals surface area contributed by atoms with E-state index in [9.17, 15) is 4.79 Å². The summed E-state index contributed by atoms with van der Waals surface area (Å²) in [5.41, 5.74) is 6.34. The summed E-state index contributed by atoms with van der Waals surface area (Å²) in [7, 11) is 0. The molecule has 0 bridgehead atoms. The van der Waals surface area contributed by atoms with Crippen LogP contribution in [0.2, 0.25) is 5.02 Å². The smallest absolute Gasteiger partial charge is 0.314 e. The second-order valence-corrected chi connectivity index (χ2v) is 3.53. The predicted octanol–water partition coefficient (Wildman–Crippen LogP) is 2.37. The molecular weight excluding hydrogens is 249 g/mol. The monoisotopic (exact) mass is 263 g/mol. The zero-order valence-electron chi connectivity index (χ0n) is 8.98. The van der Waals surface area contributed by atoms with Gasteiger partial charge in [0.1, 0.15) is 0 Å². The standard InChI is InChI=1S/C11H14ClNO2.ClH/c1-2-15-11(14)10(7-13)8-4-3-5-9(12)6-8;/h3-6,10H,2,7,13H2,1H3;1H. The minimum atomic E-state index is -0.427. The molecule has 0 saturated heterocycles. The van der Waals surface area contributed by atoms with E-state index in [1.54, 1.807) is 25.1 Å². The lowest BCUT2D eigenvalue weighted by Crippen LogP contribution is -2.23. The van der Waals surface area contributed by atoms with Crippen LogP contribution in [0.3, 0.4) is 0 Å². The second kappa shape index (κ2) is 7.49. The van der Waals surface area contributed by atoms with Crippen molar-refractivity contribution in [3.63, 3.8) is 0 Å². The van der Waals surface area contributed by atoms with Gasteiger partial charge in [0.05, 0.1) is 12.5 Å². The lowest BCUT2D eigenvalue weighted by Gasteiger charge is -2.13. The molecule has 0 amide bonds. The Labute approximate surface area is 106 Å². The van der Waals surface area contributed by atoms with E-state index < -0.39 is 5.92 Å². The number of benzene rings is 1. The van der Waals surface area contributed by atoms with Gasteiger partial charge in [-0.05, 0) is 24.6 Å². The zero-order chi connectivity index (χ0) is 11.3. The normalized spacial score (nSPS) is 11.4. The van der Waals surface area contributed by atoms with Crippen molar-refractivity contribution in [2.24, 2.45) is 5.73 Å². The quantitative estimate of drug-likeness (QED) is 0.849. The van der Waals surface area contributed by atoms with Crippen LogP contribution in [-0.2, 0) is 9.53 Å². The Balaban J connectivity index is 0.00000225. The minimum Gasteiger partial charge on any atom is -0.465 e.